The maximum Gasteiger partial charge on any atom is 0.346 e. The third-order valence-electron chi connectivity index (χ3n) is 4.49. The second-order valence-electron chi connectivity index (χ2n) is 6.16. The molecule has 1 aliphatic heterocycles. The first-order valence-electron chi connectivity index (χ1n) is 8.31. The van der Waals surface area contributed by atoms with Gasteiger partial charge in [0.05, 0.1) is 12.2 Å². The molecule has 3 atom stereocenters. The van der Waals surface area contributed by atoms with Gasteiger partial charge in [-0.05, 0) is 26.2 Å². The molecule has 2 aromatic rings. The number of rotatable bonds is 6. The molecular formula is C16H24N4O3S. The van der Waals surface area contributed by atoms with Crippen LogP contribution in [0.3, 0.4) is 0 Å². The minimum absolute atomic E-state index is 0.0445. The van der Waals surface area contributed by atoms with Crippen molar-refractivity contribution in [3.8, 4) is 0 Å². The normalized spacial score (nSPS) is 22.2. The topological polar surface area (TPSA) is 71.2 Å². The van der Waals surface area contributed by atoms with Gasteiger partial charge in [0.1, 0.15) is 17.2 Å². The quantitative estimate of drug-likeness (QED) is 0.798. The molecule has 132 valence electrons. The molecule has 0 saturated carbocycles. The fourth-order valence-corrected chi connectivity index (χ4v) is 3.77. The molecule has 0 bridgehead atoms. The Bertz CT molecular complexity index is 751. The van der Waals surface area contributed by atoms with Gasteiger partial charge in [0.25, 0.3) is 0 Å². The lowest BCUT2D eigenvalue weighted by Gasteiger charge is -2.13. The van der Waals surface area contributed by atoms with Gasteiger partial charge < -0.3 is 9.47 Å². The van der Waals surface area contributed by atoms with Crippen molar-refractivity contribution in [1.82, 2.24) is 19.3 Å². The minimum atomic E-state index is -0.107. The molecule has 3 heterocycles. The molecule has 0 aromatic carbocycles. The number of thiazole rings is 1. The van der Waals surface area contributed by atoms with Gasteiger partial charge >= 0.3 is 5.69 Å². The highest BCUT2D eigenvalue weighted by Crippen LogP contribution is 2.32. The highest BCUT2D eigenvalue weighted by atomic mass is 32.1. The van der Waals surface area contributed by atoms with Crippen molar-refractivity contribution in [2.24, 2.45) is 5.92 Å². The average molecular weight is 352 g/mol. The van der Waals surface area contributed by atoms with E-state index in [9.17, 15) is 4.79 Å². The van der Waals surface area contributed by atoms with E-state index in [0.717, 1.165) is 29.6 Å². The zero-order valence-corrected chi connectivity index (χ0v) is 15.4. The highest BCUT2D eigenvalue weighted by Gasteiger charge is 2.31. The summed E-state index contributed by atoms with van der Waals surface area (Å²) in [6.45, 7) is 7.73. The van der Waals surface area contributed by atoms with Crippen LogP contribution in [0.2, 0.25) is 0 Å². The molecular weight excluding hydrogens is 328 g/mol. The van der Waals surface area contributed by atoms with Crippen LogP contribution in [0, 0.1) is 5.92 Å². The van der Waals surface area contributed by atoms with Crippen LogP contribution in [0.1, 0.15) is 55.9 Å². The summed E-state index contributed by atoms with van der Waals surface area (Å²) in [6, 6.07) is 0. The Balaban J connectivity index is 1.87. The lowest BCUT2D eigenvalue weighted by atomic mass is 10.0. The van der Waals surface area contributed by atoms with Crippen LogP contribution in [0.5, 0.6) is 0 Å². The number of methoxy groups -OCH3 is 1. The monoisotopic (exact) mass is 352 g/mol. The zero-order valence-electron chi connectivity index (χ0n) is 14.6. The van der Waals surface area contributed by atoms with Crippen molar-refractivity contribution in [1.29, 1.82) is 0 Å². The predicted octanol–water partition coefficient (Wildman–Crippen LogP) is 2.37. The second kappa shape index (κ2) is 7.16. The lowest BCUT2D eigenvalue weighted by molar-refractivity contribution is 0.0836. The summed E-state index contributed by atoms with van der Waals surface area (Å²) in [4.78, 5) is 17.2. The number of hydrogen-bond acceptors (Lipinski definition) is 6. The minimum Gasteiger partial charge on any atom is -0.375 e. The van der Waals surface area contributed by atoms with Gasteiger partial charge in [-0.3, -0.25) is 4.57 Å². The summed E-state index contributed by atoms with van der Waals surface area (Å²) >= 11 is 1.54. The van der Waals surface area contributed by atoms with Gasteiger partial charge in [-0.2, -0.15) is 5.10 Å². The maximum atomic E-state index is 12.6. The zero-order chi connectivity index (χ0) is 17.3. The first-order valence-corrected chi connectivity index (χ1v) is 9.19. The van der Waals surface area contributed by atoms with E-state index >= 15 is 0 Å². The Kier molecular flexibility index (Phi) is 5.17. The van der Waals surface area contributed by atoms with E-state index in [4.69, 9.17) is 9.47 Å². The number of nitrogens with zero attached hydrogens (tertiary/aromatic N) is 4. The third-order valence-corrected chi connectivity index (χ3v) is 5.55. The molecule has 3 rings (SSSR count). The SMILES string of the molecule is CCn1c([C@H]2OCC[C@H]2C)nn(Cc2csc([C@@H](C)OC)n2)c1=O. The van der Waals surface area contributed by atoms with Crippen LogP contribution in [0.4, 0.5) is 0 Å². The van der Waals surface area contributed by atoms with E-state index in [1.54, 1.807) is 11.7 Å². The van der Waals surface area contributed by atoms with Crippen LogP contribution in [-0.4, -0.2) is 33.0 Å². The molecule has 2 aromatic heterocycles. The lowest BCUT2D eigenvalue weighted by Crippen LogP contribution is -2.26. The largest absolute Gasteiger partial charge is 0.375 e. The summed E-state index contributed by atoms with van der Waals surface area (Å²) in [5, 5.41) is 7.42. The Labute approximate surface area is 145 Å². The van der Waals surface area contributed by atoms with E-state index in [1.807, 2.05) is 19.2 Å². The molecule has 8 heteroatoms. The third kappa shape index (κ3) is 3.18. The van der Waals surface area contributed by atoms with Gasteiger partial charge in [0.15, 0.2) is 5.82 Å². The summed E-state index contributed by atoms with van der Waals surface area (Å²) in [5.74, 6) is 1.10. The van der Waals surface area contributed by atoms with Crippen molar-refractivity contribution < 1.29 is 9.47 Å². The average Bonchev–Trinajstić information content (AvgIpc) is 3.27. The van der Waals surface area contributed by atoms with Gasteiger partial charge in [-0.1, -0.05) is 6.92 Å². The van der Waals surface area contributed by atoms with Crippen molar-refractivity contribution in [3.05, 3.63) is 32.4 Å². The fraction of sp³-hybridized carbons (Fsp3) is 0.688. The fourth-order valence-electron chi connectivity index (χ4n) is 2.93. The van der Waals surface area contributed by atoms with E-state index < -0.39 is 0 Å². The Morgan fingerprint density at radius 1 is 1.54 bits per heavy atom. The molecule has 0 N–H and O–H groups in total. The van der Waals surface area contributed by atoms with Crippen LogP contribution in [0.15, 0.2) is 10.2 Å². The first kappa shape index (κ1) is 17.3. The van der Waals surface area contributed by atoms with Crippen LogP contribution in [-0.2, 0) is 22.6 Å². The van der Waals surface area contributed by atoms with Gasteiger partial charge in [-0.15, -0.1) is 11.3 Å². The number of hydrogen-bond donors (Lipinski definition) is 0. The molecule has 0 spiro atoms. The van der Waals surface area contributed by atoms with Crippen molar-refractivity contribution >= 4 is 11.3 Å². The number of aromatic nitrogens is 4. The molecule has 24 heavy (non-hydrogen) atoms. The molecule has 0 unspecified atom stereocenters. The smallest absolute Gasteiger partial charge is 0.346 e. The maximum absolute atomic E-state index is 12.6. The van der Waals surface area contributed by atoms with E-state index in [2.05, 4.69) is 17.0 Å². The van der Waals surface area contributed by atoms with E-state index in [0.29, 0.717) is 19.0 Å². The highest BCUT2D eigenvalue weighted by molar-refractivity contribution is 7.09. The van der Waals surface area contributed by atoms with E-state index in [-0.39, 0.29) is 17.9 Å². The summed E-state index contributed by atoms with van der Waals surface area (Å²) in [6.07, 6.45) is 0.857. The van der Waals surface area contributed by atoms with Crippen molar-refractivity contribution in [3.63, 3.8) is 0 Å². The van der Waals surface area contributed by atoms with Crippen LogP contribution >= 0.6 is 11.3 Å². The standard InChI is InChI=1S/C16H24N4O3S/c1-5-19-14(13-10(2)6-7-23-13)18-20(16(19)21)8-12-9-24-15(17-12)11(3)22-4/h9-11,13H,5-8H2,1-4H3/t10-,11-,13+/m1/s1. The summed E-state index contributed by atoms with van der Waals surface area (Å²) in [7, 11) is 1.66. The molecule has 0 amide bonds. The molecule has 0 aliphatic carbocycles. The van der Waals surface area contributed by atoms with E-state index in [1.165, 1.54) is 16.0 Å². The summed E-state index contributed by atoms with van der Waals surface area (Å²) in [5.41, 5.74) is 0.721. The van der Waals surface area contributed by atoms with Gasteiger partial charge in [0, 0.05) is 25.6 Å². The Hall–Kier alpha value is -1.51. The first-order chi connectivity index (χ1) is 11.5. The second-order valence-corrected chi connectivity index (χ2v) is 7.04. The Morgan fingerprint density at radius 2 is 2.33 bits per heavy atom. The predicted molar refractivity (Wildman–Crippen MR) is 91.3 cm³/mol. The molecule has 1 fully saturated rings. The number of ether oxygens (including phenoxy) is 2. The van der Waals surface area contributed by atoms with Crippen molar-refractivity contribution in [2.75, 3.05) is 13.7 Å². The summed E-state index contributed by atoms with van der Waals surface area (Å²) < 4.78 is 14.3. The molecule has 1 saturated heterocycles. The van der Waals surface area contributed by atoms with Crippen LogP contribution < -0.4 is 5.69 Å². The molecule has 0 radical (unpaired) electrons. The molecule has 1 aliphatic rings. The van der Waals surface area contributed by atoms with Gasteiger partial charge in [-0.25, -0.2) is 14.5 Å². The Morgan fingerprint density at radius 3 is 2.96 bits per heavy atom. The van der Waals surface area contributed by atoms with Gasteiger partial charge in [0.2, 0.25) is 0 Å². The van der Waals surface area contributed by atoms with Crippen LogP contribution in [0.25, 0.3) is 0 Å². The van der Waals surface area contributed by atoms with Crippen molar-refractivity contribution in [2.45, 2.75) is 52.5 Å². The molecule has 7 nitrogen and oxygen atoms in total.